The van der Waals surface area contributed by atoms with E-state index in [1.54, 1.807) is 12.1 Å². The van der Waals surface area contributed by atoms with Gasteiger partial charge in [-0.05, 0) is 66.4 Å². The summed E-state index contributed by atoms with van der Waals surface area (Å²) in [7, 11) is 0. The zero-order valence-electron chi connectivity index (χ0n) is 22.3. The fraction of sp³-hybridized carbons (Fsp3) is 0.355. The normalized spacial score (nSPS) is 17.1. The monoisotopic (exact) mass is 568 g/mol. The molecule has 2 aliphatic heterocycles. The Labute approximate surface area is 236 Å². The van der Waals surface area contributed by atoms with Crippen molar-refractivity contribution in [3.05, 3.63) is 83.4 Å². The molecular formula is C31H30F2O8. The molecule has 0 radical (unpaired) electrons. The Balaban J connectivity index is 1.07. The Morgan fingerprint density at radius 1 is 0.707 bits per heavy atom. The van der Waals surface area contributed by atoms with Crippen molar-refractivity contribution in [2.45, 2.75) is 44.3 Å². The van der Waals surface area contributed by atoms with Gasteiger partial charge in [-0.15, -0.1) is 0 Å². The molecule has 0 aromatic heterocycles. The largest absolute Gasteiger partial charge is 0.491 e. The van der Waals surface area contributed by atoms with Gasteiger partial charge < -0.3 is 28.4 Å². The van der Waals surface area contributed by atoms with Gasteiger partial charge in [-0.25, -0.2) is 8.78 Å². The van der Waals surface area contributed by atoms with Crippen LogP contribution in [0.3, 0.4) is 0 Å². The lowest BCUT2D eigenvalue weighted by Crippen LogP contribution is -2.12. The van der Waals surface area contributed by atoms with Crippen molar-refractivity contribution in [1.29, 1.82) is 0 Å². The first-order valence-electron chi connectivity index (χ1n) is 13.4. The third kappa shape index (κ3) is 9.26. The summed E-state index contributed by atoms with van der Waals surface area (Å²) in [6, 6.07) is 18.2. The van der Waals surface area contributed by atoms with Crippen molar-refractivity contribution in [2.75, 3.05) is 26.4 Å². The highest BCUT2D eigenvalue weighted by Crippen LogP contribution is 2.33. The first-order chi connectivity index (χ1) is 19.9. The van der Waals surface area contributed by atoms with Gasteiger partial charge >= 0.3 is 11.9 Å². The van der Waals surface area contributed by atoms with Crippen molar-refractivity contribution in [3.8, 4) is 23.0 Å². The maximum Gasteiger partial charge on any atom is 0.311 e. The fourth-order valence-electron chi connectivity index (χ4n) is 3.91. The molecular weight excluding hydrogens is 538 g/mol. The molecule has 2 saturated heterocycles. The van der Waals surface area contributed by atoms with Crippen LogP contribution in [0.5, 0.6) is 23.0 Å². The second kappa shape index (κ2) is 13.6. The minimum absolute atomic E-state index is 0.00241. The van der Waals surface area contributed by atoms with Crippen molar-refractivity contribution in [1.82, 2.24) is 0 Å². The van der Waals surface area contributed by atoms with E-state index in [-0.39, 0.29) is 36.5 Å². The number of epoxide rings is 2. The number of rotatable bonds is 15. The number of carbonyl (C=O) groups is 2. The zero-order valence-corrected chi connectivity index (χ0v) is 22.3. The van der Waals surface area contributed by atoms with E-state index in [2.05, 4.69) is 0 Å². The third-order valence-corrected chi connectivity index (χ3v) is 6.43. The molecule has 0 amide bonds. The molecule has 0 aliphatic carbocycles. The molecule has 0 saturated carbocycles. The minimum Gasteiger partial charge on any atom is -0.491 e. The quantitative estimate of drug-likeness (QED) is 0.139. The SMILES string of the molecule is O=C(CCc1ccc(OCC2CO2)cc1)Oc1ccc(OC(=O)CCc2ccc(OCC3CO3)cc2)c(C(F)F)c1. The highest BCUT2D eigenvalue weighted by molar-refractivity contribution is 5.74. The molecule has 2 aliphatic rings. The lowest BCUT2D eigenvalue weighted by atomic mass is 10.1. The van der Waals surface area contributed by atoms with Gasteiger partial charge in [0.25, 0.3) is 6.43 Å². The molecule has 5 rings (SSSR count). The smallest absolute Gasteiger partial charge is 0.311 e. The maximum absolute atomic E-state index is 13.7. The van der Waals surface area contributed by atoms with Crippen LogP contribution in [-0.2, 0) is 31.9 Å². The van der Waals surface area contributed by atoms with E-state index in [9.17, 15) is 18.4 Å². The molecule has 8 nitrogen and oxygen atoms in total. The summed E-state index contributed by atoms with van der Waals surface area (Å²) in [5.74, 6) is -0.128. The molecule has 0 spiro atoms. The molecule has 216 valence electrons. The summed E-state index contributed by atoms with van der Waals surface area (Å²) in [4.78, 5) is 24.7. The lowest BCUT2D eigenvalue weighted by Gasteiger charge is -2.12. The fourth-order valence-corrected chi connectivity index (χ4v) is 3.91. The van der Waals surface area contributed by atoms with Gasteiger partial charge in [0.1, 0.15) is 48.4 Å². The van der Waals surface area contributed by atoms with E-state index < -0.39 is 23.9 Å². The van der Waals surface area contributed by atoms with Crippen LogP contribution in [0.25, 0.3) is 0 Å². The number of alkyl halides is 2. The number of halogens is 2. The Morgan fingerprint density at radius 2 is 1.17 bits per heavy atom. The Kier molecular flexibility index (Phi) is 9.43. The van der Waals surface area contributed by atoms with Gasteiger partial charge in [-0.1, -0.05) is 24.3 Å². The van der Waals surface area contributed by atoms with Gasteiger partial charge in [0.15, 0.2) is 0 Å². The lowest BCUT2D eigenvalue weighted by molar-refractivity contribution is -0.135. The van der Waals surface area contributed by atoms with Crippen LogP contribution in [-0.4, -0.2) is 50.6 Å². The summed E-state index contributed by atoms with van der Waals surface area (Å²) in [5, 5.41) is 0. The van der Waals surface area contributed by atoms with E-state index >= 15 is 0 Å². The Bertz CT molecular complexity index is 1320. The number of carbonyl (C=O) groups excluding carboxylic acids is 2. The number of hydrogen-bond donors (Lipinski definition) is 0. The van der Waals surface area contributed by atoms with E-state index in [1.807, 2.05) is 36.4 Å². The van der Waals surface area contributed by atoms with Crippen LogP contribution in [0.2, 0.25) is 0 Å². The average molecular weight is 569 g/mol. The second-order valence-corrected chi connectivity index (χ2v) is 9.77. The molecule has 41 heavy (non-hydrogen) atoms. The van der Waals surface area contributed by atoms with Crippen LogP contribution in [0, 0.1) is 0 Å². The number of hydrogen-bond acceptors (Lipinski definition) is 8. The topological polar surface area (TPSA) is 96.1 Å². The molecule has 2 atom stereocenters. The van der Waals surface area contributed by atoms with Crippen molar-refractivity contribution in [3.63, 3.8) is 0 Å². The second-order valence-electron chi connectivity index (χ2n) is 9.77. The van der Waals surface area contributed by atoms with Gasteiger partial charge in [0, 0.05) is 12.8 Å². The van der Waals surface area contributed by atoms with Gasteiger partial charge in [-0.3, -0.25) is 9.59 Å². The number of esters is 2. The standard InChI is InChI=1S/C31H30F2O8/c32-31(33)27-15-24(40-29(34)13-5-20-1-7-22(8-2-20)36-16-25-18-38-25)11-12-28(27)41-30(35)14-6-21-3-9-23(10-4-21)37-17-26-19-39-26/h1-4,7-12,15,25-26,31H,5-6,13-14,16-19H2. The van der Waals surface area contributed by atoms with Crippen LogP contribution in [0.15, 0.2) is 66.7 Å². The van der Waals surface area contributed by atoms with Gasteiger partial charge in [0.2, 0.25) is 0 Å². The predicted octanol–water partition coefficient (Wildman–Crippen LogP) is 5.26. The molecule has 2 fully saturated rings. The first kappa shape index (κ1) is 28.5. The highest BCUT2D eigenvalue weighted by atomic mass is 19.3. The molecule has 0 N–H and O–H groups in total. The van der Waals surface area contributed by atoms with Crippen molar-refractivity contribution < 1.29 is 46.8 Å². The van der Waals surface area contributed by atoms with Crippen LogP contribution in [0.1, 0.15) is 36.0 Å². The molecule has 0 bridgehead atoms. The van der Waals surface area contributed by atoms with E-state index in [1.165, 1.54) is 12.1 Å². The summed E-state index contributed by atoms with van der Waals surface area (Å²) >= 11 is 0. The minimum atomic E-state index is -2.93. The number of aryl methyl sites for hydroxylation is 2. The molecule has 10 heteroatoms. The molecule has 2 heterocycles. The van der Waals surface area contributed by atoms with Crippen molar-refractivity contribution in [2.24, 2.45) is 0 Å². The van der Waals surface area contributed by atoms with Crippen LogP contribution >= 0.6 is 0 Å². The van der Waals surface area contributed by atoms with E-state index in [4.69, 9.17) is 28.4 Å². The molecule has 3 aromatic rings. The Morgan fingerprint density at radius 3 is 1.63 bits per heavy atom. The zero-order chi connectivity index (χ0) is 28.6. The van der Waals surface area contributed by atoms with Gasteiger partial charge in [0.05, 0.1) is 18.8 Å². The van der Waals surface area contributed by atoms with Crippen LogP contribution in [0.4, 0.5) is 8.78 Å². The first-order valence-corrected chi connectivity index (χ1v) is 13.4. The van der Waals surface area contributed by atoms with E-state index in [0.29, 0.717) is 44.2 Å². The number of benzene rings is 3. The van der Waals surface area contributed by atoms with Crippen LogP contribution < -0.4 is 18.9 Å². The predicted molar refractivity (Wildman–Crippen MR) is 143 cm³/mol. The van der Waals surface area contributed by atoms with Crippen molar-refractivity contribution >= 4 is 11.9 Å². The molecule has 3 aromatic carbocycles. The summed E-state index contributed by atoms with van der Waals surface area (Å²) in [5.41, 5.74) is 1.25. The highest BCUT2D eigenvalue weighted by Gasteiger charge is 2.24. The van der Waals surface area contributed by atoms with Gasteiger partial charge in [-0.2, -0.15) is 0 Å². The summed E-state index contributed by atoms with van der Waals surface area (Å²) < 4.78 is 59.3. The Hall–Kier alpha value is -4.02. The molecule has 2 unspecified atom stereocenters. The van der Waals surface area contributed by atoms with E-state index in [0.717, 1.165) is 23.8 Å². The summed E-state index contributed by atoms with van der Waals surface area (Å²) in [6.45, 7) is 2.44. The average Bonchev–Trinajstić information content (AvgIpc) is 3.90. The maximum atomic E-state index is 13.7. The summed E-state index contributed by atoms with van der Waals surface area (Å²) in [6.07, 6.45) is -1.78. The number of ether oxygens (including phenoxy) is 6. The third-order valence-electron chi connectivity index (χ3n) is 6.43.